The molecule has 6 rings (SSSR count). The summed E-state index contributed by atoms with van der Waals surface area (Å²) in [4.78, 5) is 32.4. The Morgan fingerprint density at radius 2 is 1.52 bits per heavy atom. The molecule has 1 saturated carbocycles. The van der Waals surface area contributed by atoms with Crippen LogP contribution in [0.3, 0.4) is 0 Å². The van der Waals surface area contributed by atoms with Gasteiger partial charge < -0.3 is 9.47 Å². The predicted octanol–water partition coefficient (Wildman–Crippen LogP) is 7.33. The first-order valence-corrected chi connectivity index (χ1v) is 14.4. The Labute approximate surface area is 235 Å². The van der Waals surface area contributed by atoms with Gasteiger partial charge in [0, 0.05) is 29.3 Å². The summed E-state index contributed by atoms with van der Waals surface area (Å²) in [6.07, 6.45) is 5.01. The molecule has 0 N–H and O–H groups in total. The van der Waals surface area contributed by atoms with Crippen LogP contribution in [0, 0.1) is 5.92 Å². The minimum absolute atomic E-state index is 0.0467. The minimum Gasteiger partial charge on any atom is -0.489 e. The van der Waals surface area contributed by atoms with Crippen molar-refractivity contribution in [2.45, 2.75) is 70.0 Å². The lowest BCUT2D eigenvalue weighted by Gasteiger charge is -2.37. The molecule has 3 aliphatic rings. The molecule has 1 aliphatic heterocycles. The Bertz CT molecular complexity index is 1420. The van der Waals surface area contributed by atoms with E-state index in [-0.39, 0.29) is 23.8 Å². The Kier molecular flexibility index (Phi) is 7.63. The van der Waals surface area contributed by atoms with Crippen LogP contribution in [-0.4, -0.2) is 23.6 Å². The third-order valence-corrected chi connectivity index (χ3v) is 8.49. The van der Waals surface area contributed by atoms with Gasteiger partial charge in [0.1, 0.15) is 24.4 Å². The third kappa shape index (κ3) is 5.51. The number of ether oxygens (including phenoxy) is 2. The Morgan fingerprint density at radius 3 is 2.23 bits per heavy atom. The number of nitrogens with zero attached hydrogens (tertiary/aromatic N) is 1. The number of allylic oxidation sites excluding steroid dienone is 2. The topological polar surface area (TPSA) is 65.0 Å². The maximum Gasteiger partial charge on any atom is 0.315 e. The second-order valence-corrected chi connectivity index (χ2v) is 11.2. The molecule has 0 saturated heterocycles. The van der Waals surface area contributed by atoms with E-state index in [2.05, 4.69) is 12.1 Å². The van der Waals surface area contributed by atoms with E-state index in [1.807, 2.05) is 79.7 Å². The van der Waals surface area contributed by atoms with Crippen molar-refractivity contribution in [1.82, 2.24) is 0 Å². The van der Waals surface area contributed by atoms with Crippen molar-refractivity contribution < 1.29 is 19.1 Å². The zero-order valence-electron chi connectivity index (χ0n) is 22.9. The van der Waals surface area contributed by atoms with Crippen LogP contribution in [0.4, 0.5) is 0 Å². The molecule has 3 atom stereocenters. The number of hydrogen-bond acceptors (Lipinski definition) is 5. The molecule has 40 heavy (non-hydrogen) atoms. The molecule has 1 unspecified atom stereocenters. The fourth-order valence-corrected chi connectivity index (χ4v) is 6.44. The average molecular weight is 534 g/mol. The van der Waals surface area contributed by atoms with Gasteiger partial charge in [-0.1, -0.05) is 72.8 Å². The van der Waals surface area contributed by atoms with Crippen molar-refractivity contribution >= 4 is 17.5 Å². The van der Waals surface area contributed by atoms with Crippen LogP contribution in [0.2, 0.25) is 0 Å². The maximum atomic E-state index is 13.8. The van der Waals surface area contributed by atoms with Crippen molar-refractivity contribution in [3.05, 3.63) is 113 Å². The highest BCUT2D eigenvalue weighted by molar-refractivity contribution is 6.09. The van der Waals surface area contributed by atoms with Crippen molar-refractivity contribution in [2.24, 2.45) is 10.9 Å². The summed E-state index contributed by atoms with van der Waals surface area (Å²) in [5, 5.41) is 0. The Balaban J connectivity index is 1.31. The van der Waals surface area contributed by atoms with E-state index in [9.17, 15) is 9.59 Å². The smallest absolute Gasteiger partial charge is 0.315 e. The Hall–Kier alpha value is -3.99. The molecule has 2 aliphatic carbocycles. The number of ketones is 1. The maximum absolute atomic E-state index is 13.8. The highest BCUT2D eigenvalue weighted by atomic mass is 16.5. The third-order valence-electron chi connectivity index (χ3n) is 8.49. The molecule has 0 aromatic heterocycles. The van der Waals surface area contributed by atoms with Gasteiger partial charge in [0.15, 0.2) is 5.78 Å². The van der Waals surface area contributed by atoms with E-state index in [1.54, 1.807) is 0 Å². The van der Waals surface area contributed by atoms with E-state index in [4.69, 9.17) is 14.5 Å². The molecule has 5 nitrogen and oxygen atoms in total. The van der Waals surface area contributed by atoms with Crippen LogP contribution in [0.1, 0.15) is 74.0 Å². The fraction of sp³-hybridized carbons (Fsp3) is 0.343. The monoisotopic (exact) mass is 533 g/mol. The number of carbonyl (C=O) groups excluding carboxylic acids is 2. The van der Waals surface area contributed by atoms with Crippen LogP contribution in [0.15, 0.2) is 101 Å². The fourth-order valence-electron chi connectivity index (χ4n) is 6.44. The largest absolute Gasteiger partial charge is 0.489 e. The van der Waals surface area contributed by atoms with E-state index >= 15 is 0 Å². The summed E-state index contributed by atoms with van der Waals surface area (Å²) in [5.41, 5.74) is 5.35. The SMILES string of the molecule is CC1=NC2=C(C(=O)C[C@@H](c3ccccc3)C2)[C@H](c2ccc(OCc3ccccc3)cc2)C1C(=O)OC1CCCC1. The van der Waals surface area contributed by atoms with Gasteiger partial charge in [0.05, 0.1) is 0 Å². The number of Topliss-reactive ketones (excluding diaryl/α,β-unsaturated/α-hetero) is 1. The average Bonchev–Trinajstić information content (AvgIpc) is 3.49. The molecular formula is C35H35NO4. The molecule has 0 amide bonds. The standard InChI is InChI=1S/C35H35NO4/c1-23-32(35(38)40-29-14-8-9-15-29)33(26-16-18-28(19-17-26)39-22-24-10-4-2-5-11-24)34-30(36-23)20-27(21-31(34)37)25-12-6-3-7-13-25/h2-7,10-13,16-19,27,29,32-33H,8-9,14-15,20-22H2,1H3/t27-,32?,33+/m0/s1. The van der Waals surface area contributed by atoms with E-state index in [1.165, 1.54) is 0 Å². The van der Waals surface area contributed by atoms with Crippen molar-refractivity contribution in [3.8, 4) is 5.75 Å². The molecule has 0 bridgehead atoms. The van der Waals surface area contributed by atoms with Crippen molar-refractivity contribution in [2.75, 3.05) is 0 Å². The van der Waals surface area contributed by atoms with Gasteiger partial charge >= 0.3 is 5.97 Å². The predicted molar refractivity (Wildman–Crippen MR) is 155 cm³/mol. The number of benzene rings is 3. The van der Waals surface area contributed by atoms with Gasteiger partial charge in [-0.05, 0) is 73.8 Å². The summed E-state index contributed by atoms with van der Waals surface area (Å²) in [5.74, 6) is -0.416. The van der Waals surface area contributed by atoms with Gasteiger partial charge in [-0.3, -0.25) is 14.6 Å². The first kappa shape index (κ1) is 26.2. The highest BCUT2D eigenvalue weighted by Crippen LogP contribution is 2.47. The van der Waals surface area contributed by atoms with E-state index in [0.29, 0.717) is 25.0 Å². The van der Waals surface area contributed by atoms with Crippen molar-refractivity contribution in [1.29, 1.82) is 0 Å². The first-order valence-electron chi connectivity index (χ1n) is 14.4. The van der Waals surface area contributed by atoms with Crippen LogP contribution >= 0.6 is 0 Å². The van der Waals surface area contributed by atoms with Gasteiger partial charge in [0.2, 0.25) is 0 Å². The number of rotatable bonds is 7. The zero-order chi connectivity index (χ0) is 27.5. The van der Waals surface area contributed by atoms with E-state index < -0.39 is 11.8 Å². The van der Waals surface area contributed by atoms with Gasteiger partial charge in [-0.25, -0.2) is 0 Å². The van der Waals surface area contributed by atoms with E-state index in [0.717, 1.165) is 59.5 Å². The minimum atomic E-state index is -0.618. The summed E-state index contributed by atoms with van der Waals surface area (Å²) in [6.45, 7) is 2.38. The molecular weight excluding hydrogens is 498 g/mol. The summed E-state index contributed by atoms with van der Waals surface area (Å²) in [6, 6.07) is 28.0. The lowest BCUT2D eigenvalue weighted by atomic mass is 9.69. The molecule has 204 valence electrons. The van der Waals surface area contributed by atoms with Gasteiger partial charge in [-0.2, -0.15) is 0 Å². The summed E-state index contributed by atoms with van der Waals surface area (Å²) >= 11 is 0. The molecule has 0 spiro atoms. The van der Waals surface area contributed by atoms with Crippen LogP contribution in [0.25, 0.3) is 0 Å². The molecule has 1 heterocycles. The normalized spacial score (nSPS) is 23.0. The van der Waals surface area contributed by atoms with Gasteiger partial charge in [-0.15, -0.1) is 0 Å². The molecule has 5 heteroatoms. The number of hydrogen-bond donors (Lipinski definition) is 0. The first-order chi connectivity index (χ1) is 19.6. The lowest BCUT2D eigenvalue weighted by Crippen LogP contribution is -2.39. The number of aliphatic imine (C=N–C) groups is 1. The highest BCUT2D eigenvalue weighted by Gasteiger charge is 2.45. The van der Waals surface area contributed by atoms with Crippen molar-refractivity contribution in [3.63, 3.8) is 0 Å². The number of esters is 1. The molecule has 3 aromatic rings. The van der Waals surface area contributed by atoms with Crippen LogP contribution in [0.5, 0.6) is 5.75 Å². The summed E-state index contributed by atoms with van der Waals surface area (Å²) < 4.78 is 12.0. The summed E-state index contributed by atoms with van der Waals surface area (Å²) in [7, 11) is 0. The second kappa shape index (κ2) is 11.6. The van der Waals surface area contributed by atoms with Gasteiger partial charge in [0.25, 0.3) is 0 Å². The molecule has 1 fully saturated rings. The quantitative estimate of drug-likeness (QED) is 0.298. The molecule has 0 radical (unpaired) electrons. The number of carbonyl (C=O) groups is 2. The van der Waals surface area contributed by atoms with Crippen LogP contribution < -0.4 is 4.74 Å². The molecule has 3 aromatic carbocycles. The second-order valence-electron chi connectivity index (χ2n) is 11.2. The Morgan fingerprint density at radius 1 is 0.850 bits per heavy atom. The lowest BCUT2D eigenvalue weighted by molar-refractivity contribution is -0.151. The zero-order valence-corrected chi connectivity index (χ0v) is 22.9. The van der Waals surface area contributed by atoms with Crippen LogP contribution in [-0.2, 0) is 20.9 Å².